The van der Waals surface area contributed by atoms with E-state index in [-0.39, 0.29) is 30.0 Å². The third kappa shape index (κ3) is 7.99. The maximum atomic E-state index is 14.9. The summed E-state index contributed by atoms with van der Waals surface area (Å²) in [5, 5.41) is 10.7. The maximum Gasteiger partial charge on any atom is 0.410 e. The fourth-order valence-corrected chi connectivity index (χ4v) is 7.06. The number of aromatic nitrogens is 1. The van der Waals surface area contributed by atoms with E-state index in [1.807, 2.05) is 57.2 Å². The second kappa shape index (κ2) is 14.5. The first kappa shape index (κ1) is 34.2. The molecule has 1 aliphatic heterocycles. The van der Waals surface area contributed by atoms with Gasteiger partial charge in [0.25, 0.3) is 0 Å². The fourth-order valence-electron chi connectivity index (χ4n) is 7.06. The molecule has 4 aromatic rings. The van der Waals surface area contributed by atoms with Crippen LogP contribution in [-0.4, -0.2) is 75.9 Å². The molecule has 9 heteroatoms. The summed E-state index contributed by atoms with van der Waals surface area (Å²) in [5.74, 6) is -1.53. The molecule has 1 aliphatic carbocycles. The number of carbonyl (C=O) groups excluding carboxylic acids is 2. The van der Waals surface area contributed by atoms with Crippen molar-refractivity contribution in [3.05, 3.63) is 95.7 Å². The van der Waals surface area contributed by atoms with Crippen LogP contribution < -0.4 is 0 Å². The van der Waals surface area contributed by atoms with E-state index in [0.717, 1.165) is 59.0 Å². The summed E-state index contributed by atoms with van der Waals surface area (Å²) in [7, 11) is 1.72. The quantitative estimate of drug-likeness (QED) is 0.166. The minimum atomic E-state index is -0.976. The van der Waals surface area contributed by atoms with Crippen LogP contribution in [0.5, 0.6) is 0 Å². The van der Waals surface area contributed by atoms with Crippen molar-refractivity contribution in [3.8, 4) is 11.1 Å². The van der Waals surface area contributed by atoms with E-state index in [9.17, 15) is 19.5 Å². The van der Waals surface area contributed by atoms with E-state index in [1.54, 1.807) is 30.2 Å². The lowest BCUT2D eigenvalue weighted by Crippen LogP contribution is -2.51. The summed E-state index contributed by atoms with van der Waals surface area (Å²) < 4.78 is 13.3. The number of rotatable bonds is 11. The van der Waals surface area contributed by atoms with Gasteiger partial charge in [-0.05, 0) is 92.8 Å². The summed E-state index contributed by atoms with van der Waals surface area (Å²) >= 11 is 0. The number of likely N-dealkylation sites (tertiary alicyclic amines) is 1. The molecule has 1 aromatic heterocycles. The molecule has 2 aliphatic rings. The first-order valence-electron chi connectivity index (χ1n) is 17.3. The molecule has 2 atom stereocenters. The first-order chi connectivity index (χ1) is 23.5. The van der Waals surface area contributed by atoms with Crippen LogP contribution in [0.4, 0.5) is 4.79 Å². The lowest BCUT2D eigenvalue weighted by molar-refractivity contribution is -0.139. The Hall–Kier alpha value is -4.63. The number of hydrogen-bond donors (Lipinski definition) is 1. The highest BCUT2D eigenvalue weighted by Gasteiger charge is 2.43. The number of aryl methyl sites for hydroxylation is 1. The Labute approximate surface area is 288 Å². The van der Waals surface area contributed by atoms with E-state index in [1.165, 1.54) is 0 Å². The molecule has 258 valence electrons. The van der Waals surface area contributed by atoms with Gasteiger partial charge in [-0.25, -0.2) is 9.59 Å². The average molecular weight is 666 g/mol. The van der Waals surface area contributed by atoms with Gasteiger partial charge in [0.05, 0.1) is 11.5 Å². The number of hydrogen-bond acceptors (Lipinski definition) is 5. The average Bonchev–Trinajstić information content (AvgIpc) is 3.88. The van der Waals surface area contributed by atoms with Crippen molar-refractivity contribution in [1.29, 1.82) is 0 Å². The number of carbonyl (C=O) groups is 3. The molecule has 3 aromatic carbocycles. The Morgan fingerprint density at radius 2 is 1.67 bits per heavy atom. The lowest BCUT2D eigenvalue weighted by atomic mass is 9.78. The standard InChI is InChI=1S/C40H47N3O6/c1-40(2,3)49-39(47)42-20-18-33(29-12-7-10-27(22-29)28-11-8-13-30(23-28)38(45)46)35(26-42)37(44)43(32-16-17-32)25-31-24-41(19-9-21-48-4)36-15-6-5-14-34(31)36/h5-8,10-15,22-24,32-33,35H,9,16-21,25-26H2,1-4H3,(H,45,46)/t33-,35+/m1/s1. The number of para-hydroxylation sites is 1. The van der Waals surface area contributed by atoms with Gasteiger partial charge in [-0.1, -0.05) is 54.6 Å². The van der Waals surface area contributed by atoms with Gasteiger partial charge in [0.2, 0.25) is 5.91 Å². The van der Waals surface area contributed by atoms with Gasteiger partial charge < -0.3 is 28.9 Å². The Morgan fingerprint density at radius 3 is 2.39 bits per heavy atom. The molecule has 1 saturated carbocycles. The van der Waals surface area contributed by atoms with Crippen molar-refractivity contribution in [1.82, 2.24) is 14.4 Å². The van der Waals surface area contributed by atoms with Gasteiger partial charge in [0, 0.05) is 63.0 Å². The van der Waals surface area contributed by atoms with E-state index >= 15 is 0 Å². The van der Waals surface area contributed by atoms with Crippen molar-refractivity contribution in [2.24, 2.45) is 5.92 Å². The zero-order valence-corrected chi connectivity index (χ0v) is 28.9. The van der Waals surface area contributed by atoms with Crippen molar-refractivity contribution in [2.45, 2.75) is 77.1 Å². The topological polar surface area (TPSA) is 101 Å². The predicted molar refractivity (Wildman–Crippen MR) is 189 cm³/mol. The highest BCUT2D eigenvalue weighted by molar-refractivity contribution is 5.89. The first-order valence-corrected chi connectivity index (χ1v) is 17.3. The molecule has 9 nitrogen and oxygen atoms in total. The van der Waals surface area contributed by atoms with Crippen molar-refractivity contribution >= 4 is 28.9 Å². The van der Waals surface area contributed by atoms with Crippen LogP contribution in [0, 0.1) is 5.92 Å². The normalized spacial score (nSPS) is 18.0. The van der Waals surface area contributed by atoms with Gasteiger partial charge in [-0.2, -0.15) is 0 Å². The number of methoxy groups -OCH3 is 1. The molecule has 1 saturated heterocycles. The number of amides is 2. The molecule has 0 bridgehead atoms. The molecule has 2 amide bonds. The lowest BCUT2D eigenvalue weighted by Gasteiger charge is -2.40. The number of fused-ring (bicyclic) bond motifs is 1. The molecular weight excluding hydrogens is 618 g/mol. The zero-order chi connectivity index (χ0) is 34.7. The highest BCUT2D eigenvalue weighted by Crippen LogP contribution is 2.40. The van der Waals surface area contributed by atoms with E-state index in [4.69, 9.17) is 9.47 Å². The molecule has 6 rings (SSSR count). The summed E-state index contributed by atoms with van der Waals surface area (Å²) in [6, 6.07) is 23.5. The summed E-state index contributed by atoms with van der Waals surface area (Å²) in [6.45, 7) is 8.30. The van der Waals surface area contributed by atoms with Gasteiger partial charge in [0.15, 0.2) is 0 Å². The van der Waals surface area contributed by atoms with Crippen LogP contribution in [0.2, 0.25) is 0 Å². The number of carboxylic acid groups (broad SMARTS) is 1. The maximum absolute atomic E-state index is 14.9. The molecule has 0 spiro atoms. The van der Waals surface area contributed by atoms with Crippen molar-refractivity contribution < 1.29 is 29.0 Å². The minimum Gasteiger partial charge on any atom is -0.478 e. The molecular formula is C40H47N3O6. The summed E-state index contributed by atoms with van der Waals surface area (Å²) in [4.78, 5) is 43.7. The predicted octanol–water partition coefficient (Wildman–Crippen LogP) is 7.57. The smallest absolute Gasteiger partial charge is 0.410 e. The number of aromatic carboxylic acids is 1. The zero-order valence-electron chi connectivity index (χ0n) is 28.9. The summed E-state index contributed by atoms with van der Waals surface area (Å²) in [6.07, 6.45) is 5.19. The number of piperidine rings is 1. The summed E-state index contributed by atoms with van der Waals surface area (Å²) in [5.41, 5.74) is 4.54. The van der Waals surface area contributed by atoms with Crippen LogP contribution in [0.15, 0.2) is 79.0 Å². The molecule has 2 fully saturated rings. The molecule has 0 radical (unpaired) electrons. The number of benzene rings is 3. The largest absolute Gasteiger partial charge is 0.478 e. The van der Waals surface area contributed by atoms with E-state index in [0.29, 0.717) is 26.1 Å². The van der Waals surface area contributed by atoms with Gasteiger partial charge in [-0.3, -0.25) is 4.79 Å². The Bertz CT molecular complexity index is 1820. The van der Waals surface area contributed by atoms with Crippen LogP contribution >= 0.6 is 0 Å². The Morgan fingerprint density at radius 1 is 0.939 bits per heavy atom. The monoisotopic (exact) mass is 665 g/mol. The van der Waals surface area contributed by atoms with Gasteiger partial charge in [0.1, 0.15) is 5.60 Å². The third-order valence-electron chi connectivity index (χ3n) is 9.57. The Kier molecular flexibility index (Phi) is 10.1. The van der Waals surface area contributed by atoms with Crippen LogP contribution in [-0.2, 0) is 27.4 Å². The van der Waals surface area contributed by atoms with E-state index < -0.39 is 23.6 Å². The van der Waals surface area contributed by atoms with Gasteiger partial charge in [-0.15, -0.1) is 0 Å². The minimum absolute atomic E-state index is 0.0512. The molecule has 1 N–H and O–H groups in total. The van der Waals surface area contributed by atoms with E-state index in [2.05, 4.69) is 33.9 Å². The fraction of sp³-hybridized carbons (Fsp3) is 0.425. The third-order valence-corrected chi connectivity index (χ3v) is 9.57. The second-order valence-corrected chi connectivity index (χ2v) is 14.3. The molecule has 49 heavy (non-hydrogen) atoms. The van der Waals surface area contributed by atoms with Crippen molar-refractivity contribution in [3.63, 3.8) is 0 Å². The molecule has 2 heterocycles. The number of carboxylic acids is 1. The second-order valence-electron chi connectivity index (χ2n) is 14.3. The highest BCUT2D eigenvalue weighted by atomic mass is 16.6. The van der Waals surface area contributed by atoms with Crippen molar-refractivity contribution in [2.75, 3.05) is 26.8 Å². The SMILES string of the molecule is COCCCn1cc(CN(C(=O)[C@H]2CN(C(=O)OC(C)(C)C)CC[C@@H]2c2cccc(-c3cccc(C(=O)O)c3)c2)C2CC2)c2ccccc21. The van der Waals surface area contributed by atoms with Crippen LogP contribution in [0.25, 0.3) is 22.0 Å². The Balaban J connectivity index is 1.33. The van der Waals surface area contributed by atoms with Crippen LogP contribution in [0.1, 0.15) is 73.9 Å². The van der Waals surface area contributed by atoms with Crippen LogP contribution in [0.3, 0.4) is 0 Å². The molecule has 0 unspecified atom stereocenters. The van der Waals surface area contributed by atoms with Gasteiger partial charge >= 0.3 is 12.1 Å². The number of nitrogens with zero attached hydrogens (tertiary/aromatic N) is 3. The number of ether oxygens (including phenoxy) is 2.